The Hall–Kier alpha value is -0.870. The van der Waals surface area contributed by atoms with Crippen molar-refractivity contribution in [3.63, 3.8) is 0 Å². The van der Waals surface area contributed by atoms with Crippen LogP contribution in [0.2, 0.25) is 0 Å². The van der Waals surface area contributed by atoms with E-state index in [0.717, 1.165) is 32.1 Å². The first kappa shape index (κ1) is 20.9. The van der Waals surface area contributed by atoms with Crippen LogP contribution in [0.4, 0.5) is 0 Å². The van der Waals surface area contributed by atoms with Crippen LogP contribution in [-0.2, 0) is 9.53 Å². The fourth-order valence-corrected chi connectivity index (χ4v) is 6.93. The van der Waals surface area contributed by atoms with Gasteiger partial charge in [0.05, 0.1) is 18.1 Å². The molecule has 154 valence electrons. The van der Waals surface area contributed by atoms with E-state index in [0.29, 0.717) is 24.7 Å². The molecule has 4 heteroatoms. The molecule has 0 bridgehead atoms. The van der Waals surface area contributed by atoms with Gasteiger partial charge in [-0.25, -0.2) is 0 Å². The second-order valence-corrected chi connectivity index (χ2v) is 10.2. The van der Waals surface area contributed by atoms with E-state index < -0.39 is 11.0 Å². The summed E-state index contributed by atoms with van der Waals surface area (Å²) in [5.74, 6) is 0.841. The number of carbonyl (C=O) groups excluding carboxylic acids is 1. The van der Waals surface area contributed by atoms with Crippen LogP contribution in [-0.4, -0.2) is 35.5 Å². The summed E-state index contributed by atoms with van der Waals surface area (Å²) in [4.78, 5) is 12.8. The highest BCUT2D eigenvalue weighted by atomic mass is 16.5. The zero-order chi connectivity index (χ0) is 20.0. The van der Waals surface area contributed by atoms with Crippen LogP contribution in [0.25, 0.3) is 0 Å². The molecule has 3 aliphatic rings. The molecule has 0 unspecified atom stereocenters. The van der Waals surface area contributed by atoms with Crippen molar-refractivity contribution in [1.29, 1.82) is 0 Å². The largest absolute Gasteiger partial charge is 0.469 e. The third kappa shape index (κ3) is 3.17. The van der Waals surface area contributed by atoms with Crippen molar-refractivity contribution in [1.82, 2.24) is 0 Å². The molecule has 0 aliphatic heterocycles. The van der Waals surface area contributed by atoms with Gasteiger partial charge in [0, 0.05) is 12.5 Å². The van der Waals surface area contributed by atoms with Crippen molar-refractivity contribution < 1.29 is 19.7 Å². The van der Waals surface area contributed by atoms with Crippen LogP contribution >= 0.6 is 0 Å². The average Bonchev–Trinajstić information content (AvgIpc) is 2.63. The number of hydrogen-bond donors (Lipinski definition) is 2. The molecule has 2 N–H and O–H groups in total. The summed E-state index contributed by atoms with van der Waals surface area (Å²) in [6.07, 6.45) is 8.36. The first-order chi connectivity index (χ1) is 12.6. The SMILES string of the molecule is COC(=O)[C@]1(C)CCC[C@@]2(C)[C@H]1C[C@](O)(CCO)[C@H]1C=C(C(C)C)CC[C@@H]12. The minimum Gasteiger partial charge on any atom is -0.469 e. The highest BCUT2D eigenvalue weighted by Crippen LogP contribution is 2.66. The topological polar surface area (TPSA) is 66.8 Å². The maximum Gasteiger partial charge on any atom is 0.311 e. The molecule has 3 aliphatic carbocycles. The zero-order valence-corrected chi connectivity index (χ0v) is 17.8. The van der Waals surface area contributed by atoms with E-state index in [-0.39, 0.29) is 29.8 Å². The Morgan fingerprint density at radius 2 is 2.04 bits per heavy atom. The van der Waals surface area contributed by atoms with Gasteiger partial charge in [0.2, 0.25) is 0 Å². The molecule has 0 radical (unpaired) electrons. The molecular weight excluding hydrogens is 340 g/mol. The van der Waals surface area contributed by atoms with Gasteiger partial charge in [-0.3, -0.25) is 4.79 Å². The molecule has 2 fully saturated rings. The van der Waals surface area contributed by atoms with Crippen molar-refractivity contribution in [3.05, 3.63) is 11.6 Å². The van der Waals surface area contributed by atoms with Crippen molar-refractivity contribution in [2.45, 2.75) is 78.2 Å². The number of rotatable bonds is 4. The summed E-state index contributed by atoms with van der Waals surface area (Å²) >= 11 is 0. The Morgan fingerprint density at radius 1 is 1.33 bits per heavy atom. The molecule has 0 spiro atoms. The normalized spacial score (nSPS) is 44.3. The second-order valence-electron chi connectivity index (χ2n) is 10.2. The van der Waals surface area contributed by atoms with Crippen LogP contribution < -0.4 is 0 Å². The van der Waals surface area contributed by atoms with Gasteiger partial charge in [-0.2, -0.15) is 0 Å². The van der Waals surface area contributed by atoms with Crippen LogP contribution in [0.3, 0.4) is 0 Å². The lowest BCUT2D eigenvalue weighted by atomic mass is 9.41. The number of hydrogen-bond acceptors (Lipinski definition) is 4. The summed E-state index contributed by atoms with van der Waals surface area (Å²) in [6, 6.07) is 0. The maximum atomic E-state index is 12.8. The first-order valence-corrected chi connectivity index (χ1v) is 10.7. The van der Waals surface area contributed by atoms with Gasteiger partial charge in [-0.05, 0) is 68.6 Å². The minimum absolute atomic E-state index is 0.0204. The summed E-state index contributed by atoms with van der Waals surface area (Å²) in [7, 11) is 1.48. The fraction of sp³-hybridized carbons (Fsp3) is 0.870. The summed E-state index contributed by atoms with van der Waals surface area (Å²) in [5, 5.41) is 21.5. The highest BCUT2D eigenvalue weighted by Gasteiger charge is 2.64. The summed E-state index contributed by atoms with van der Waals surface area (Å²) in [5.41, 5.74) is -0.0529. The van der Waals surface area contributed by atoms with E-state index in [1.54, 1.807) is 0 Å². The van der Waals surface area contributed by atoms with Crippen molar-refractivity contribution >= 4 is 5.97 Å². The van der Waals surface area contributed by atoms with Crippen LogP contribution in [0, 0.1) is 34.5 Å². The van der Waals surface area contributed by atoms with E-state index in [2.05, 4.69) is 26.8 Å². The number of allylic oxidation sites excluding steroid dienone is 1. The fourth-order valence-electron chi connectivity index (χ4n) is 6.93. The number of esters is 1. The average molecular weight is 379 g/mol. The molecular formula is C23H38O4. The van der Waals surface area contributed by atoms with E-state index >= 15 is 0 Å². The quantitative estimate of drug-likeness (QED) is 0.571. The molecule has 2 saturated carbocycles. The van der Waals surface area contributed by atoms with Crippen molar-refractivity contribution in [2.24, 2.45) is 34.5 Å². The number of ether oxygens (including phenoxy) is 1. The molecule has 27 heavy (non-hydrogen) atoms. The molecule has 0 amide bonds. The molecule has 4 nitrogen and oxygen atoms in total. The summed E-state index contributed by atoms with van der Waals surface area (Å²) < 4.78 is 5.22. The van der Waals surface area contributed by atoms with Crippen LogP contribution in [0.5, 0.6) is 0 Å². The van der Waals surface area contributed by atoms with Gasteiger partial charge in [-0.1, -0.05) is 38.8 Å². The van der Waals surface area contributed by atoms with E-state index in [1.165, 1.54) is 12.7 Å². The molecule has 0 aromatic heterocycles. The first-order valence-electron chi connectivity index (χ1n) is 10.7. The predicted octanol–water partition coefficient (Wildman–Crippen LogP) is 4.10. The van der Waals surface area contributed by atoms with Crippen molar-refractivity contribution in [2.75, 3.05) is 13.7 Å². The predicted molar refractivity (Wildman–Crippen MR) is 106 cm³/mol. The van der Waals surface area contributed by atoms with E-state index in [1.807, 2.05) is 6.92 Å². The smallest absolute Gasteiger partial charge is 0.311 e. The van der Waals surface area contributed by atoms with Gasteiger partial charge >= 0.3 is 5.97 Å². The Balaban J connectivity index is 2.08. The van der Waals surface area contributed by atoms with Gasteiger partial charge in [0.1, 0.15) is 0 Å². The minimum atomic E-state index is -0.948. The lowest BCUT2D eigenvalue weighted by Gasteiger charge is -2.64. The number of methoxy groups -OCH3 is 1. The number of aliphatic hydroxyl groups is 2. The van der Waals surface area contributed by atoms with Gasteiger partial charge in [0.25, 0.3) is 0 Å². The number of aliphatic hydroxyl groups excluding tert-OH is 1. The monoisotopic (exact) mass is 378 g/mol. The molecule has 0 aromatic rings. The molecule has 0 saturated heterocycles. The Kier molecular flexibility index (Phi) is 5.55. The zero-order valence-electron chi connectivity index (χ0n) is 17.8. The second kappa shape index (κ2) is 7.18. The van der Waals surface area contributed by atoms with Crippen molar-refractivity contribution in [3.8, 4) is 0 Å². The molecule has 0 heterocycles. The lowest BCUT2D eigenvalue weighted by Crippen LogP contribution is -2.63. The molecule has 3 rings (SSSR count). The maximum absolute atomic E-state index is 12.8. The van der Waals surface area contributed by atoms with E-state index in [4.69, 9.17) is 4.74 Å². The standard InChI is InChI=1S/C23H38O4/c1-15(2)16-7-8-17-18(13-16)23(26,11-12-24)14-19-21(17,3)9-6-10-22(19,4)20(25)27-5/h13,15,17-19,24,26H,6-12,14H2,1-5H3/t17-,18-,19+,21+,22+,23+/m0/s1. The number of carbonyl (C=O) groups is 1. The van der Waals surface area contributed by atoms with Crippen LogP contribution in [0.15, 0.2) is 11.6 Å². The lowest BCUT2D eigenvalue weighted by molar-refractivity contribution is -0.203. The Bertz CT molecular complexity index is 611. The number of fused-ring (bicyclic) bond motifs is 3. The molecule has 6 atom stereocenters. The molecule has 0 aromatic carbocycles. The van der Waals surface area contributed by atoms with E-state index in [9.17, 15) is 15.0 Å². The Labute approximate surface area is 164 Å². The highest BCUT2D eigenvalue weighted by molar-refractivity contribution is 5.77. The third-order valence-electron chi connectivity index (χ3n) is 8.51. The van der Waals surface area contributed by atoms with Gasteiger partial charge in [0.15, 0.2) is 0 Å². The summed E-state index contributed by atoms with van der Waals surface area (Å²) in [6.45, 7) is 8.81. The van der Waals surface area contributed by atoms with Gasteiger partial charge in [-0.15, -0.1) is 0 Å². The Morgan fingerprint density at radius 3 is 2.63 bits per heavy atom. The van der Waals surface area contributed by atoms with Gasteiger partial charge < -0.3 is 14.9 Å². The van der Waals surface area contributed by atoms with Crippen LogP contribution in [0.1, 0.15) is 72.6 Å². The third-order valence-corrected chi connectivity index (χ3v) is 8.51.